The van der Waals surface area contributed by atoms with Crippen LogP contribution in [0, 0.1) is 6.92 Å². The molecule has 3 rings (SSSR count). The number of carbonyl (C=O) groups excluding carboxylic acids is 2. The number of aliphatic hydroxyl groups is 2. The first-order chi connectivity index (χ1) is 12.4. The molecule has 1 fully saturated rings. The zero-order valence-corrected chi connectivity index (χ0v) is 14.9. The SMILES string of the molecule is Cc1ccc(C2/C(=C(/O)c3ccc(Cl)cc3)C(=O)C(=O)N2CCO)cc1. The highest BCUT2D eigenvalue weighted by Crippen LogP contribution is 2.39. The van der Waals surface area contributed by atoms with Crippen molar-refractivity contribution in [3.05, 3.63) is 75.8 Å². The van der Waals surface area contributed by atoms with Crippen LogP contribution in [0.3, 0.4) is 0 Å². The molecular formula is C20H18ClNO4. The summed E-state index contributed by atoms with van der Waals surface area (Å²) in [5.74, 6) is -1.76. The number of nitrogens with zero attached hydrogens (tertiary/aromatic N) is 1. The predicted octanol–water partition coefficient (Wildman–Crippen LogP) is 3.06. The summed E-state index contributed by atoms with van der Waals surface area (Å²) in [4.78, 5) is 26.3. The van der Waals surface area contributed by atoms with Gasteiger partial charge >= 0.3 is 0 Å². The Morgan fingerprint density at radius 2 is 1.69 bits per heavy atom. The lowest BCUT2D eigenvalue weighted by Crippen LogP contribution is -2.32. The zero-order valence-electron chi connectivity index (χ0n) is 14.1. The Morgan fingerprint density at radius 3 is 2.27 bits per heavy atom. The normalized spacial score (nSPS) is 19.2. The fourth-order valence-electron chi connectivity index (χ4n) is 3.08. The number of carbonyl (C=O) groups is 2. The standard InChI is InChI=1S/C20H18ClNO4/c1-12-2-4-13(5-3-12)17-16(19(25)20(26)22(17)10-11-23)18(24)14-6-8-15(21)9-7-14/h2-9,17,23-24H,10-11H2,1H3/b18-16-. The molecule has 1 aliphatic rings. The second-order valence-electron chi connectivity index (χ2n) is 6.13. The van der Waals surface area contributed by atoms with Gasteiger partial charge in [-0.05, 0) is 36.8 Å². The van der Waals surface area contributed by atoms with E-state index in [1.54, 1.807) is 24.3 Å². The molecule has 1 amide bonds. The van der Waals surface area contributed by atoms with Crippen molar-refractivity contribution in [2.24, 2.45) is 0 Å². The van der Waals surface area contributed by atoms with E-state index in [1.807, 2.05) is 31.2 Å². The maximum absolute atomic E-state index is 12.6. The molecule has 6 heteroatoms. The minimum atomic E-state index is -0.767. The number of ketones is 1. The fraction of sp³-hybridized carbons (Fsp3) is 0.200. The van der Waals surface area contributed by atoms with Crippen LogP contribution in [-0.4, -0.2) is 40.0 Å². The van der Waals surface area contributed by atoms with Gasteiger partial charge < -0.3 is 15.1 Å². The first-order valence-electron chi connectivity index (χ1n) is 8.16. The summed E-state index contributed by atoms with van der Waals surface area (Å²) >= 11 is 5.88. The van der Waals surface area contributed by atoms with Crippen molar-refractivity contribution in [2.45, 2.75) is 13.0 Å². The monoisotopic (exact) mass is 371 g/mol. The minimum Gasteiger partial charge on any atom is -0.507 e. The lowest BCUT2D eigenvalue weighted by atomic mass is 9.95. The molecule has 134 valence electrons. The largest absolute Gasteiger partial charge is 0.507 e. The maximum atomic E-state index is 12.6. The zero-order chi connectivity index (χ0) is 18.8. The molecule has 0 radical (unpaired) electrons. The Hall–Kier alpha value is -2.63. The third-order valence-corrected chi connectivity index (χ3v) is 4.64. The van der Waals surface area contributed by atoms with E-state index in [9.17, 15) is 19.8 Å². The number of hydrogen-bond donors (Lipinski definition) is 2. The average molecular weight is 372 g/mol. The van der Waals surface area contributed by atoms with E-state index in [-0.39, 0.29) is 24.5 Å². The van der Waals surface area contributed by atoms with Crippen LogP contribution in [-0.2, 0) is 9.59 Å². The van der Waals surface area contributed by atoms with Gasteiger partial charge in [-0.2, -0.15) is 0 Å². The number of aryl methyl sites for hydroxylation is 1. The fourth-order valence-corrected chi connectivity index (χ4v) is 3.20. The number of β-amino-alcohol motifs (C(OH)–C–C–N with tert-alkyl or cyclic N) is 1. The van der Waals surface area contributed by atoms with Crippen LogP contribution in [0.5, 0.6) is 0 Å². The van der Waals surface area contributed by atoms with Gasteiger partial charge in [0.05, 0.1) is 18.2 Å². The third-order valence-electron chi connectivity index (χ3n) is 4.39. The molecular weight excluding hydrogens is 354 g/mol. The molecule has 0 bridgehead atoms. The lowest BCUT2D eigenvalue weighted by Gasteiger charge is -2.24. The topological polar surface area (TPSA) is 77.8 Å². The number of halogens is 1. The van der Waals surface area contributed by atoms with Crippen molar-refractivity contribution in [3.63, 3.8) is 0 Å². The summed E-state index contributed by atoms with van der Waals surface area (Å²) in [5.41, 5.74) is 2.13. The summed E-state index contributed by atoms with van der Waals surface area (Å²) in [6, 6.07) is 13.0. The van der Waals surface area contributed by atoms with Crippen LogP contribution in [0.25, 0.3) is 5.76 Å². The molecule has 26 heavy (non-hydrogen) atoms. The van der Waals surface area contributed by atoms with Gasteiger partial charge in [0.2, 0.25) is 0 Å². The van der Waals surface area contributed by atoms with Gasteiger partial charge in [-0.3, -0.25) is 9.59 Å². The van der Waals surface area contributed by atoms with Crippen LogP contribution >= 0.6 is 11.6 Å². The van der Waals surface area contributed by atoms with Crippen molar-refractivity contribution in [1.82, 2.24) is 4.90 Å². The van der Waals surface area contributed by atoms with Gasteiger partial charge in [-0.1, -0.05) is 41.4 Å². The summed E-state index contributed by atoms with van der Waals surface area (Å²) < 4.78 is 0. The first-order valence-corrected chi connectivity index (χ1v) is 8.53. The Bertz CT molecular complexity index is 872. The Balaban J connectivity index is 2.17. The molecule has 2 N–H and O–H groups in total. The molecule has 0 aliphatic carbocycles. The number of benzene rings is 2. The Morgan fingerprint density at radius 1 is 1.08 bits per heavy atom. The Labute approximate surface area is 156 Å². The number of likely N-dealkylation sites (tertiary alicyclic amines) is 1. The highest BCUT2D eigenvalue weighted by Gasteiger charge is 2.45. The summed E-state index contributed by atoms with van der Waals surface area (Å²) in [7, 11) is 0. The van der Waals surface area contributed by atoms with Gasteiger partial charge in [0.25, 0.3) is 11.7 Å². The molecule has 0 spiro atoms. The second kappa shape index (κ2) is 7.32. The van der Waals surface area contributed by atoms with E-state index < -0.39 is 17.7 Å². The van der Waals surface area contributed by atoms with E-state index in [0.717, 1.165) is 5.56 Å². The highest BCUT2D eigenvalue weighted by atomic mass is 35.5. The quantitative estimate of drug-likeness (QED) is 0.492. The van der Waals surface area contributed by atoms with Crippen LogP contribution in [0.15, 0.2) is 54.1 Å². The first kappa shape index (κ1) is 18.2. The van der Waals surface area contributed by atoms with Gasteiger partial charge in [0, 0.05) is 17.1 Å². The second-order valence-corrected chi connectivity index (χ2v) is 6.57. The van der Waals surface area contributed by atoms with Gasteiger partial charge in [-0.25, -0.2) is 0 Å². The summed E-state index contributed by atoms with van der Waals surface area (Å²) in [6.45, 7) is 1.65. The van der Waals surface area contributed by atoms with Crippen molar-refractivity contribution < 1.29 is 19.8 Å². The predicted molar refractivity (Wildman–Crippen MR) is 98.7 cm³/mol. The van der Waals surface area contributed by atoms with Crippen molar-refractivity contribution >= 4 is 29.1 Å². The summed E-state index contributed by atoms with van der Waals surface area (Å²) in [5, 5.41) is 20.6. The molecule has 5 nitrogen and oxygen atoms in total. The average Bonchev–Trinajstić information content (AvgIpc) is 2.88. The Kier molecular flexibility index (Phi) is 5.11. The minimum absolute atomic E-state index is 0.000510. The summed E-state index contributed by atoms with van der Waals surface area (Å²) in [6.07, 6.45) is 0. The van der Waals surface area contributed by atoms with Crippen LogP contribution in [0.4, 0.5) is 0 Å². The van der Waals surface area contributed by atoms with Crippen LogP contribution in [0.1, 0.15) is 22.7 Å². The molecule has 1 heterocycles. The van der Waals surface area contributed by atoms with Crippen molar-refractivity contribution in [2.75, 3.05) is 13.2 Å². The van der Waals surface area contributed by atoms with E-state index in [1.165, 1.54) is 4.90 Å². The number of hydrogen-bond acceptors (Lipinski definition) is 4. The maximum Gasteiger partial charge on any atom is 0.295 e. The smallest absolute Gasteiger partial charge is 0.295 e. The molecule has 1 unspecified atom stereocenters. The molecule has 1 atom stereocenters. The number of amides is 1. The van der Waals surface area contributed by atoms with Crippen LogP contribution in [0.2, 0.25) is 5.02 Å². The molecule has 1 aliphatic heterocycles. The van der Waals surface area contributed by atoms with Gasteiger partial charge in [0.15, 0.2) is 0 Å². The highest BCUT2D eigenvalue weighted by molar-refractivity contribution is 6.46. The molecule has 2 aromatic carbocycles. The van der Waals surface area contributed by atoms with Gasteiger partial charge in [0.1, 0.15) is 5.76 Å². The van der Waals surface area contributed by atoms with E-state index in [2.05, 4.69) is 0 Å². The van der Waals surface area contributed by atoms with E-state index in [4.69, 9.17) is 11.6 Å². The molecule has 0 saturated carbocycles. The van der Waals surface area contributed by atoms with Gasteiger partial charge in [-0.15, -0.1) is 0 Å². The molecule has 1 saturated heterocycles. The number of aliphatic hydroxyl groups excluding tert-OH is 2. The van der Waals surface area contributed by atoms with Crippen molar-refractivity contribution in [3.8, 4) is 0 Å². The van der Waals surface area contributed by atoms with E-state index in [0.29, 0.717) is 16.1 Å². The molecule has 2 aromatic rings. The van der Waals surface area contributed by atoms with Crippen molar-refractivity contribution in [1.29, 1.82) is 0 Å². The number of Topliss-reactive ketones (excluding diaryl/α,β-unsaturated/α-hetero) is 1. The number of rotatable bonds is 4. The third kappa shape index (κ3) is 3.23. The lowest BCUT2D eigenvalue weighted by molar-refractivity contribution is -0.140. The van der Waals surface area contributed by atoms with Crippen LogP contribution < -0.4 is 0 Å². The molecule has 0 aromatic heterocycles. The van der Waals surface area contributed by atoms with E-state index >= 15 is 0 Å².